The van der Waals surface area contributed by atoms with Crippen LogP contribution in [0, 0.1) is 11.8 Å². The van der Waals surface area contributed by atoms with Crippen LogP contribution in [0.5, 0.6) is 0 Å². The second-order valence-corrected chi connectivity index (χ2v) is 10.4. The first-order valence-electron chi connectivity index (χ1n) is 9.47. The molecule has 1 aromatic carbocycles. The maximum Gasteiger partial charge on any atom is 0.225 e. The molecule has 0 radical (unpaired) electrons. The van der Waals surface area contributed by atoms with Crippen molar-refractivity contribution in [2.45, 2.75) is 43.9 Å². The molecular formula is C19H25ClN2O3S. The van der Waals surface area contributed by atoms with Crippen LogP contribution in [0.3, 0.4) is 0 Å². The van der Waals surface area contributed by atoms with E-state index < -0.39 is 10.0 Å². The van der Waals surface area contributed by atoms with Gasteiger partial charge in [0, 0.05) is 37.1 Å². The lowest BCUT2D eigenvalue weighted by molar-refractivity contribution is -0.138. The van der Waals surface area contributed by atoms with Crippen LogP contribution in [-0.4, -0.2) is 48.4 Å². The van der Waals surface area contributed by atoms with E-state index in [-0.39, 0.29) is 23.0 Å². The van der Waals surface area contributed by atoms with Crippen molar-refractivity contribution in [2.75, 3.05) is 19.6 Å². The maximum absolute atomic E-state index is 13.0. The maximum atomic E-state index is 13.0. The van der Waals surface area contributed by atoms with E-state index in [1.807, 2.05) is 17.0 Å². The van der Waals surface area contributed by atoms with Gasteiger partial charge in [-0.05, 0) is 49.3 Å². The van der Waals surface area contributed by atoms with Crippen molar-refractivity contribution in [3.05, 3.63) is 34.9 Å². The highest BCUT2D eigenvalue weighted by Gasteiger charge is 2.47. The van der Waals surface area contributed by atoms with Gasteiger partial charge in [0.1, 0.15) is 0 Å². The molecule has 1 aliphatic carbocycles. The van der Waals surface area contributed by atoms with E-state index >= 15 is 0 Å². The van der Waals surface area contributed by atoms with Crippen molar-refractivity contribution in [3.8, 4) is 0 Å². The lowest BCUT2D eigenvalue weighted by Crippen LogP contribution is -2.40. The van der Waals surface area contributed by atoms with Gasteiger partial charge in [0.2, 0.25) is 15.9 Å². The second kappa shape index (κ2) is 7.13. The third-order valence-electron chi connectivity index (χ3n) is 6.20. The molecule has 2 heterocycles. The Morgan fingerprint density at radius 1 is 1.08 bits per heavy atom. The van der Waals surface area contributed by atoms with Crippen LogP contribution in [0.2, 0.25) is 5.02 Å². The highest BCUT2D eigenvalue weighted by atomic mass is 35.5. The summed E-state index contributed by atoms with van der Waals surface area (Å²) in [7, 11) is -3.32. The van der Waals surface area contributed by atoms with Gasteiger partial charge in [-0.3, -0.25) is 4.79 Å². The summed E-state index contributed by atoms with van der Waals surface area (Å²) in [5.41, 5.74) is 0.955. The number of fused-ring (bicyclic) bond motifs is 1. The minimum absolute atomic E-state index is 0.117. The van der Waals surface area contributed by atoms with Gasteiger partial charge >= 0.3 is 0 Å². The number of halogens is 1. The normalized spacial score (nSPS) is 29.0. The number of likely N-dealkylation sites (tertiary alicyclic amines) is 1. The molecule has 142 valence electrons. The number of carbonyl (C=O) groups is 1. The SMILES string of the molecule is O=C(C1CCC1)N1CC[C@@H]2CN(Cc3ccc(Cl)cc3)S(=O)(=O)[C@@H]2CC1. The van der Waals surface area contributed by atoms with E-state index in [0.717, 1.165) is 31.2 Å². The molecule has 7 heteroatoms. The van der Waals surface area contributed by atoms with E-state index in [9.17, 15) is 13.2 Å². The molecule has 3 fully saturated rings. The smallest absolute Gasteiger partial charge is 0.225 e. The highest BCUT2D eigenvalue weighted by molar-refractivity contribution is 7.90. The molecule has 1 amide bonds. The lowest BCUT2D eigenvalue weighted by atomic mass is 9.84. The number of sulfonamides is 1. The fourth-order valence-corrected chi connectivity index (χ4v) is 6.73. The molecule has 0 spiro atoms. The van der Waals surface area contributed by atoms with Gasteiger partial charge in [0.25, 0.3) is 0 Å². The summed E-state index contributed by atoms with van der Waals surface area (Å²) in [6.45, 7) is 2.23. The molecule has 1 aromatic rings. The summed E-state index contributed by atoms with van der Waals surface area (Å²) in [5, 5.41) is 0.299. The van der Waals surface area contributed by atoms with Gasteiger partial charge in [0.05, 0.1) is 5.25 Å². The molecule has 2 saturated heterocycles. The van der Waals surface area contributed by atoms with E-state index in [1.165, 1.54) is 0 Å². The van der Waals surface area contributed by atoms with Crippen LogP contribution < -0.4 is 0 Å². The average molecular weight is 397 g/mol. The van der Waals surface area contributed by atoms with Crippen molar-refractivity contribution in [1.29, 1.82) is 0 Å². The molecule has 0 aromatic heterocycles. The second-order valence-electron chi connectivity index (χ2n) is 7.79. The van der Waals surface area contributed by atoms with Crippen LogP contribution in [0.4, 0.5) is 0 Å². The fraction of sp³-hybridized carbons (Fsp3) is 0.632. The Kier molecular flexibility index (Phi) is 5.01. The first-order chi connectivity index (χ1) is 12.4. The standard InChI is InChI=1S/C19H25ClN2O3S/c20-17-6-4-14(5-7-17)12-22-13-16-8-10-21(19(23)15-2-1-3-15)11-9-18(16)26(22,24)25/h4-7,15-16,18H,1-3,8-13H2/t16-,18-/m1/s1. The molecule has 0 N–H and O–H groups in total. The molecule has 26 heavy (non-hydrogen) atoms. The summed E-state index contributed by atoms with van der Waals surface area (Å²) < 4.78 is 27.7. The van der Waals surface area contributed by atoms with Crippen molar-refractivity contribution >= 4 is 27.5 Å². The van der Waals surface area contributed by atoms with Crippen LogP contribution in [0.15, 0.2) is 24.3 Å². The third kappa shape index (κ3) is 3.39. The van der Waals surface area contributed by atoms with Gasteiger partial charge in [0.15, 0.2) is 0 Å². The number of hydrogen-bond acceptors (Lipinski definition) is 3. The summed E-state index contributed by atoms with van der Waals surface area (Å²) >= 11 is 5.91. The first kappa shape index (κ1) is 18.3. The summed E-state index contributed by atoms with van der Waals surface area (Å²) in [6, 6.07) is 7.35. The minimum Gasteiger partial charge on any atom is -0.342 e. The molecule has 2 atom stereocenters. The number of hydrogen-bond donors (Lipinski definition) is 0. The molecule has 1 saturated carbocycles. The Hall–Kier alpha value is -1.11. The predicted octanol–water partition coefficient (Wildman–Crippen LogP) is 2.89. The Labute approximate surface area is 160 Å². The van der Waals surface area contributed by atoms with E-state index in [0.29, 0.717) is 37.6 Å². The Bertz CT molecular complexity index is 776. The number of carbonyl (C=O) groups excluding carboxylic acids is 1. The Morgan fingerprint density at radius 3 is 2.42 bits per heavy atom. The average Bonchev–Trinajstić information content (AvgIpc) is 2.71. The molecule has 0 unspecified atom stereocenters. The molecule has 2 aliphatic heterocycles. The summed E-state index contributed by atoms with van der Waals surface area (Å²) in [6.07, 6.45) is 4.47. The third-order valence-corrected chi connectivity index (χ3v) is 8.83. The molecule has 0 bridgehead atoms. The monoisotopic (exact) mass is 396 g/mol. The zero-order valence-electron chi connectivity index (χ0n) is 14.8. The van der Waals surface area contributed by atoms with Crippen molar-refractivity contribution in [3.63, 3.8) is 0 Å². The minimum atomic E-state index is -3.32. The van der Waals surface area contributed by atoms with Gasteiger partial charge in [-0.25, -0.2) is 8.42 Å². The first-order valence-corrected chi connectivity index (χ1v) is 11.4. The zero-order valence-corrected chi connectivity index (χ0v) is 16.4. The number of rotatable bonds is 3. The van der Waals surface area contributed by atoms with Crippen LogP contribution in [-0.2, 0) is 21.4 Å². The fourth-order valence-electron chi connectivity index (χ4n) is 4.38. The predicted molar refractivity (Wildman–Crippen MR) is 101 cm³/mol. The Morgan fingerprint density at radius 2 is 1.77 bits per heavy atom. The van der Waals surface area contributed by atoms with E-state index in [1.54, 1.807) is 16.4 Å². The molecular weight excluding hydrogens is 372 g/mol. The zero-order chi connectivity index (χ0) is 18.3. The van der Waals surface area contributed by atoms with E-state index in [4.69, 9.17) is 11.6 Å². The van der Waals surface area contributed by atoms with Crippen LogP contribution in [0.1, 0.15) is 37.7 Å². The Balaban J connectivity index is 1.44. The molecule has 3 aliphatic rings. The van der Waals surface area contributed by atoms with Crippen molar-refractivity contribution < 1.29 is 13.2 Å². The number of nitrogens with zero attached hydrogens (tertiary/aromatic N) is 2. The topological polar surface area (TPSA) is 57.7 Å². The van der Waals surface area contributed by atoms with Gasteiger partial charge in [-0.1, -0.05) is 30.2 Å². The largest absolute Gasteiger partial charge is 0.342 e. The quantitative estimate of drug-likeness (QED) is 0.789. The summed E-state index contributed by atoms with van der Waals surface area (Å²) in [4.78, 5) is 14.4. The van der Waals surface area contributed by atoms with Crippen LogP contribution >= 0.6 is 11.6 Å². The highest BCUT2D eigenvalue weighted by Crippen LogP contribution is 2.36. The van der Waals surface area contributed by atoms with Crippen molar-refractivity contribution in [2.24, 2.45) is 11.8 Å². The van der Waals surface area contributed by atoms with Gasteiger partial charge < -0.3 is 4.90 Å². The van der Waals surface area contributed by atoms with E-state index in [2.05, 4.69) is 0 Å². The van der Waals surface area contributed by atoms with Crippen molar-refractivity contribution in [1.82, 2.24) is 9.21 Å². The summed E-state index contributed by atoms with van der Waals surface area (Å²) in [5.74, 6) is 0.545. The van der Waals surface area contributed by atoms with Gasteiger partial charge in [-0.15, -0.1) is 0 Å². The number of amides is 1. The number of benzene rings is 1. The van der Waals surface area contributed by atoms with Gasteiger partial charge in [-0.2, -0.15) is 4.31 Å². The molecule has 4 rings (SSSR count). The van der Waals surface area contributed by atoms with Crippen LogP contribution in [0.25, 0.3) is 0 Å². The molecule has 5 nitrogen and oxygen atoms in total. The lowest BCUT2D eigenvalue weighted by Gasteiger charge is -2.31.